The van der Waals surface area contributed by atoms with Crippen LogP contribution in [-0.4, -0.2) is 32.3 Å². The third-order valence-corrected chi connectivity index (χ3v) is 5.27. The van der Waals surface area contributed by atoms with Gasteiger partial charge in [0.25, 0.3) is 15.0 Å². The first-order valence-electron chi connectivity index (χ1n) is 6.74. The summed E-state index contributed by atoms with van der Waals surface area (Å²) in [5, 5.41) is 0. The van der Waals surface area contributed by atoms with E-state index < -0.39 is 20.8 Å². The predicted octanol–water partition coefficient (Wildman–Crippen LogP) is 3.08. The van der Waals surface area contributed by atoms with Gasteiger partial charge in [0.2, 0.25) is 0 Å². The number of halogens is 2. The number of nitrogens with zero attached hydrogens (tertiary/aromatic N) is 1. The summed E-state index contributed by atoms with van der Waals surface area (Å²) in [4.78, 5) is 13.7. The predicted molar refractivity (Wildman–Crippen MR) is 78.5 cm³/mol. The second kappa shape index (κ2) is 5.93. The van der Waals surface area contributed by atoms with Crippen LogP contribution in [0.25, 0.3) is 0 Å². The first kappa shape index (κ1) is 16.2. The lowest BCUT2D eigenvalue weighted by molar-refractivity contribution is 0.0730. The Morgan fingerprint density at radius 3 is 2.43 bits per heavy atom. The summed E-state index contributed by atoms with van der Waals surface area (Å²) in [7, 11) is 2.90. The molecule has 1 aliphatic rings. The molecule has 0 spiro atoms. The van der Waals surface area contributed by atoms with Crippen LogP contribution in [0.2, 0.25) is 0 Å². The monoisotopic (exact) mass is 333 g/mol. The normalized spacial score (nSPS) is 16.2. The second-order valence-electron chi connectivity index (χ2n) is 5.39. The molecule has 1 saturated carbocycles. The molecule has 7 heteroatoms. The van der Waals surface area contributed by atoms with Crippen molar-refractivity contribution in [2.45, 2.75) is 43.5 Å². The summed E-state index contributed by atoms with van der Waals surface area (Å²) in [5.74, 6) is -1.21. The Labute approximate surface area is 128 Å². The van der Waals surface area contributed by atoms with Crippen LogP contribution in [0.1, 0.15) is 41.6 Å². The Bertz CT molecular complexity index is 669. The number of hydrogen-bond donors (Lipinski definition) is 0. The SMILES string of the molecule is Cc1cc(S(=O)(=O)Cl)cc(C(=O)N(C)C2CCCC2)c1F. The van der Waals surface area contributed by atoms with Gasteiger partial charge in [-0.2, -0.15) is 0 Å². The lowest BCUT2D eigenvalue weighted by atomic mass is 10.1. The Kier molecular flexibility index (Phi) is 4.58. The summed E-state index contributed by atoms with van der Waals surface area (Å²) in [6, 6.07) is 2.22. The van der Waals surface area contributed by atoms with Crippen LogP contribution in [-0.2, 0) is 9.05 Å². The number of rotatable bonds is 3. The molecule has 21 heavy (non-hydrogen) atoms. The van der Waals surface area contributed by atoms with Gasteiger partial charge in [-0.3, -0.25) is 4.79 Å². The molecular formula is C14H17ClFNO3S. The molecule has 1 aromatic rings. The summed E-state index contributed by atoms with van der Waals surface area (Å²) in [5.41, 5.74) is -0.163. The molecule has 1 aromatic carbocycles. The molecule has 0 bridgehead atoms. The van der Waals surface area contributed by atoms with E-state index in [4.69, 9.17) is 10.7 Å². The third-order valence-electron chi connectivity index (χ3n) is 3.93. The molecule has 1 fully saturated rings. The van der Waals surface area contributed by atoms with E-state index in [1.54, 1.807) is 7.05 Å². The number of carbonyl (C=O) groups excluding carboxylic acids is 1. The molecule has 0 N–H and O–H groups in total. The molecule has 116 valence electrons. The highest BCUT2D eigenvalue weighted by Gasteiger charge is 2.27. The van der Waals surface area contributed by atoms with Gasteiger partial charge in [-0.05, 0) is 37.5 Å². The minimum atomic E-state index is -4.01. The summed E-state index contributed by atoms with van der Waals surface area (Å²) >= 11 is 0. The average molecular weight is 334 g/mol. The number of carbonyl (C=O) groups is 1. The van der Waals surface area contributed by atoms with Crippen LogP contribution in [0.5, 0.6) is 0 Å². The van der Waals surface area contributed by atoms with Crippen molar-refractivity contribution in [2.75, 3.05) is 7.05 Å². The van der Waals surface area contributed by atoms with Crippen molar-refractivity contribution in [1.29, 1.82) is 0 Å². The highest BCUT2D eigenvalue weighted by molar-refractivity contribution is 8.13. The minimum absolute atomic E-state index is 0.0773. The number of amides is 1. The van der Waals surface area contributed by atoms with E-state index in [0.717, 1.165) is 37.8 Å². The maximum absolute atomic E-state index is 14.2. The largest absolute Gasteiger partial charge is 0.339 e. The lowest BCUT2D eigenvalue weighted by Gasteiger charge is -2.25. The molecule has 0 aliphatic heterocycles. The smallest absolute Gasteiger partial charge is 0.261 e. The highest BCUT2D eigenvalue weighted by atomic mass is 35.7. The Hall–Kier alpha value is -1.14. The molecule has 0 saturated heterocycles. The second-order valence-corrected chi connectivity index (χ2v) is 7.96. The number of hydrogen-bond acceptors (Lipinski definition) is 3. The molecular weight excluding hydrogens is 317 g/mol. The molecule has 0 radical (unpaired) electrons. The van der Waals surface area contributed by atoms with Gasteiger partial charge in [0.15, 0.2) is 0 Å². The van der Waals surface area contributed by atoms with Crippen LogP contribution in [0.4, 0.5) is 4.39 Å². The van der Waals surface area contributed by atoms with Crippen molar-refractivity contribution in [3.8, 4) is 0 Å². The van der Waals surface area contributed by atoms with Crippen LogP contribution in [0, 0.1) is 12.7 Å². The highest BCUT2D eigenvalue weighted by Crippen LogP contribution is 2.27. The van der Waals surface area contributed by atoms with Gasteiger partial charge >= 0.3 is 0 Å². The van der Waals surface area contributed by atoms with E-state index in [0.29, 0.717) is 0 Å². The molecule has 2 rings (SSSR count). The van der Waals surface area contributed by atoms with Crippen molar-refractivity contribution in [3.63, 3.8) is 0 Å². The van der Waals surface area contributed by atoms with Crippen LogP contribution < -0.4 is 0 Å². The van der Waals surface area contributed by atoms with Gasteiger partial charge in [0, 0.05) is 23.8 Å². The quantitative estimate of drug-likeness (QED) is 0.799. The molecule has 0 unspecified atom stereocenters. The summed E-state index contributed by atoms with van der Waals surface area (Å²) in [6.45, 7) is 1.41. The summed E-state index contributed by atoms with van der Waals surface area (Å²) < 4.78 is 37.0. The molecule has 0 aromatic heterocycles. The third kappa shape index (κ3) is 3.37. The van der Waals surface area contributed by atoms with Crippen LogP contribution in [0.15, 0.2) is 17.0 Å². The average Bonchev–Trinajstić information content (AvgIpc) is 2.92. The van der Waals surface area contributed by atoms with Gasteiger partial charge < -0.3 is 4.90 Å². The van der Waals surface area contributed by atoms with Gasteiger partial charge in [-0.1, -0.05) is 12.8 Å². The van der Waals surface area contributed by atoms with E-state index in [9.17, 15) is 17.6 Å². The standard InChI is InChI=1S/C14H17ClFNO3S/c1-9-7-11(21(15,19)20)8-12(13(9)16)14(18)17(2)10-5-3-4-6-10/h7-8,10H,3-6H2,1-2H3. The molecule has 0 heterocycles. The van der Waals surface area contributed by atoms with Gasteiger partial charge in [-0.25, -0.2) is 12.8 Å². The Morgan fingerprint density at radius 1 is 1.33 bits per heavy atom. The van der Waals surface area contributed by atoms with E-state index in [2.05, 4.69) is 0 Å². The zero-order valence-corrected chi connectivity index (χ0v) is 13.5. The Balaban J connectivity index is 2.42. The minimum Gasteiger partial charge on any atom is -0.339 e. The van der Waals surface area contributed by atoms with E-state index in [-0.39, 0.29) is 22.1 Å². The van der Waals surface area contributed by atoms with Crippen molar-refractivity contribution in [1.82, 2.24) is 4.90 Å². The van der Waals surface area contributed by atoms with Gasteiger partial charge in [-0.15, -0.1) is 0 Å². The maximum Gasteiger partial charge on any atom is 0.261 e. The zero-order valence-electron chi connectivity index (χ0n) is 11.9. The number of aryl methyl sites for hydroxylation is 1. The van der Waals surface area contributed by atoms with Gasteiger partial charge in [0.1, 0.15) is 5.82 Å². The van der Waals surface area contributed by atoms with Crippen molar-refractivity contribution < 1.29 is 17.6 Å². The zero-order chi connectivity index (χ0) is 15.8. The van der Waals surface area contributed by atoms with Crippen LogP contribution in [0.3, 0.4) is 0 Å². The Morgan fingerprint density at radius 2 is 1.90 bits per heavy atom. The topological polar surface area (TPSA) is 54.5 Å². The number of benzene rings is 1. The fraction of sp³-hybridized carbons (Fsp3) is 0.500. The van der Waals surface area contributed by atoms with Crippen LogP contribution >= 0.6 is 10.7 Å². The van der Waals surface area contributed by atoms with E-state index in [1.807, 2.05) is 0 Å². The van der Waals surface area contributed by atoms with Gasteiger partial charge in [0.05, 0.1) is 10.5 Å². The molecule has 4 nitrogen and oxygen atoms in total. The fourth-order valence-electron chi connectivity index (χ4n) is 2.68. The van der Waals surface area contributed by atoms with E-state index in [1.165, 1.54) is 11.8 Å². The summed E-state index contributed by atoms with van der Waals surface area (Å²) in [6.07, 6.45) is 3.85. The van der Waals surface area contributed by atoms with E-state index >= 15 is 0 Å². The lowest BCUT2D eigenvalue weighted by Crippen LogP contribution is -2.35. The van der Waals surface area contributed by atoms with Crippen molar-refractivity contribution in [3.05, 3.63) is 29.1 Å². The first-order chi connectivity index (χ1) is 9.71. The van der Waals surface area contributed by atoms with Crippen molar-refractivity contribution in [2.24, 2.45) is 0 Å². The fourth-order valence-corrected chi connectivity index (χ4v) is 3.52. The molecule has 1 aliphatic carbocycles. The maximum atomic E-state index is 14.2. The first-order valence-corrected chi connectivity index (χ1v) is 9.04. The molecule has 0 atom stereocenters. The van der Waals surface area contributed by atoms with Crippen molar-refractivity contribution >= 4 is 25.6 Å². The molecule has 1 amide bonds.